The Hall–Kier alpha value is -0.440. The third kappa shape index (κ3) is 3.36. The summed E-state index contributed by atoms with van der Waals surface area (Å²) >= 11 is 11.6. The highest BCUT2D eigenvalue weighted by Gasteiger charge is 2.13. The summed E-state index contributed by atoms with van der Waals surface area (Å²) in [6.45, 7) is 0.385. The van der Waals surface area contributed by atoms with E-state index in [0.717, 1.165) is 19.3 Å². The predicted octanol–water partition coefficient (Wildman–Crippen LogP) is 3.89. The Labute approximate surface area is 138 Å². The van der Waals surface area contributed by atoms with E-state index in [1.807, 2.05) is 6.07 Å². The maximum absolute atomic E-state index is 6.00. The van der Waals surface area contributed by atoms with Gasteiger partial charge in [-0.25, -0.2) is 9.97 Å². The molecule has 7 heteroatoms. The van der Waals surface area contributed by atoms with Gasteiger partial charge in [-0.05, 0) is 40.8 Å². The lowest BCUT2D eigenvalue weighted by Crippen LogP contribution is -2.06. The minimum absolute atomic E-state index is 0.385. The van der Waals surface area contributed by atoms with Crippen molar-refractivity contribution in [3.8, 4) is 11.4 Å². The lowest BCUT2D eigenvalue weighted by molar-refractivity contribution is 0.181. The number of nitrogens with two attached hydrogens (primary N) is 1. The fourth-order valence-corrected chi connectivity index (χ4v) is 2.53. The van der Waals surface area contributed by atoms with Crippen molar-refractivity contribution < 1.29 is 4.74 Å². The van der Waals surface area contributed by atoms with E-state index in [2.05, 4.69) is 48.5 Å². The molecule has 1 aromatic heterocycles. The van der Waals surface area contributed by atoms with Crippen LogP contribution in [0.4, 0.5) is 5.82 Å². The molecule has 0 bridgehead atoms. The molecule has 0 amide bonds. The lowest BCUT2D eigenvalue weighted by atomic mass is 10.2. The molecule has 2 N–H and O–H groups in total. The second kappa shape index (κ2) is 6.34. The standard InChI is InChI=1S/C12H10BrClIN3O/c1-19-5-9-10(15)11(16)18-12(17-9)7-4-6(14)2-3-8(7)13/h2-4H,5H2,1H3,(H2,16,17,18). The molecule has 0 saturated carbocycles. The van der Waals surface area contributed by atoms with Gasteiger partial charge < -0.3 is 10.5 Å². The zero-order valence-electron chi connectivity index (χ0n) is 9.95. The first-order chi connectivity index (χ1) is 9.02. The van der Waals surface area contributed by atoms with Crippen LogP contribution in [0.2, 0.25) is 5.02 Å². The fraction of sp³-hybridized carbons (Fsp3) is 0.167. The van der Waals surface area contributed by atoms with E-state index in [1.165, 1.54) is 0 Å². The Morgan fingerprint density at radius 1 is 1.42 bits per heavy atom. The molecule has 0 aliphatic rings. The molecule has 1 heterocycles. The van der Waals surface area contributed by atoms with Crippen LogP contribution in [0, 0.1) is 3.57 Å². The molecule has 0 atom stereocenters. The van der Waals surface area contributed by atoms with Crippen LogP contribution in [0.5, 0.6) is 0 Å². The van der Waals surface area contributed by atoms with Gasteiger partial charge in [0.05, 0.1) is 15.9 Å². The van der Waals surface area contributed by atoms with Crippen LogP contribution >= 0.6 is 50.1 Å². The highest BCUT2D eigenvalue weighted by molar-refractivity contribution is 14.1. The van der Waals surface area contributed by atoms with Crippen molar-refractivity contribution in [3.05, 3.63) is 37.0 Å². The first-order valence-electron chi connectivity index (χ1n) is 5.29. The van der Waals surface area contributed by atoms with Gasteiger partial charge in [0.1, 0.15) is 5.82 Å². The number of nitrogen functional groups attached to an aromatic ring is 1. The van der Waals surface area contributed by atoms with Crippen molar-refractivity contribution in [2.75, 3.05) is 12.8 Å². The monoisotopic (exact) mass is 453 g/mol. The molecule has 0 radical (unpaired) electrons. The third-order valence-corrected chi connectivity index (χ3v) is 4.50. The van der Waals surface area contributed by atoms with Crippen molar-refractivity contribution in [2.45, 2.75) is 6.61 Å². The smallest absolute Gasteiger partial charge is 0.163 e. The number of benzene rings is 1. The average molecular weight is 454 g/mol. The zero-order valence-corrected chi connectivity index (χ0v) is 14.5. The zero-order chi connectivity index (χ0) is 14.0. The van der Waals surface area contributed by atoms with E-state index < -0.39 is 0 Å². The van der Waals surface area contributed by atoms with Gasteiger partial charge in [0.15, 0.2) is 5.82 Å². The second-order valence-electron chi connectivity index (χ2n) is 3.75. The SMILES string of the molecule is COCc1nc(-c2cc(Cl)ccc2Br)nc(N)c1I. The van der Waals surface area contributed by atoms with Gasteiger partial charge in [-0.15, -0.1) is 0 Å². The molecular formula is C12H10BrClIN3O. The normalized spacial score (nSPS) is 10.7. The Morgan fingerprint density at radius 2 is 2.16 bits per heavy atom. The fourth-order valence-electron chi connectivity index (χ4n) is 1.53. The van der Waals surface area contributed by atoms with Gasteiger partial charge >= 0.3 is 0 Å². The molecule has 2 rings (SSSR count). The molecule has 0 aliphatic heterocycles. The highest BCUT2D eigenvalue weighted by atomic mass is 127. The molecular weight excluding hydrogens is 444 g/mol. The Bertz CT molecular complexity index is 624. The number of halogens is 3. The highest BCUT2D eigenvalue weighted by Crippen LogP contribution is 2.30. The number of hydrogen-bond acceptors (Lipinski definition) is 4. The number of hydrogen-bond donors (Lipinski definition) is 1. The number of methoxy groups -OCH3 is 1. The summed E-state index contributed by atoms with van der Waals surface area (Å²) in [4.78, 5) is 8.79. The molecule has 19 heavy (non-hydrogen) atoms. The minimum atomic E-state index is 0.385. The van der Waals surface area contributed by atoms with Crippen LogP contribution in [0.1, 0.15) is 5.69 Å². The number of anilines is 1. The molecule has 0 fully saturated rings. The van der Waals surface area contributed by atoms with E-state index in [9.17, 15) is 0 Å². The van der Waals surface area contributed by atoms with Crippen molar-refractivity contribution >= 4 is 55.9 Å². The van der Waals surface area contributed by atoms with Crippen LogP contribution in [-0.4, -0.2) is 17.1 Å². The van der Waals surface area contributed by atoms with Gasteiger partial charge in [0.25, 0.3) is 0 Å². The summed E-state index contributed by atoms with van der Waals surface area (Å²) in [5, 5.41) is 0.618. The molecule has 0 saturated heterocycles. The summed E-state index contributed by atoms with van der Waals surface area (Å²) < 4.78 is 6.79. The molecule has 0 unspecified atom stereocenters. The van der Waals surface area contributed by atoms with E-state index in [0.29, 0.717) is 23.3 Å². The van der Waals surface area contributed by atoms with Gasteiger partial charge in [-0.3, -0.25) is 0 Å². The second-order valence-corrected chi connectivity index (χ2v) is 6.12. The van der Waals surface area contributed by atoms with Crippen molar-refractivity contribution in [3.63, 3.8) is 0 Å². The first kappa shape index (κ1) is 15.0. The number of ether oxygens (including phenoxy) is 1. The number of rotatable bonds is 3. The third-order valence-electron chi connectivity index (χ3n) is 2.40. The molecule has 1 aromatic carbocycles. The first-order valence-corrected chi connectivity index (χ1v) is 7.54. The summed E-state index contributed by atoms with van der Waals surface area (Å²) in [6, 6.07) is 5.44. The number of nitrogens with zero attached hydrogens (tertiary/aromatic N) is 2. The summed E-state index contributed by atoms with van der Waals surface area (Å²) in [6.07, 6.45) is 0. The Kier molecular flexibility index (Phi) is 4.99. The van der Waals surface area contributed by atoms with Crippen molar-refractivity contribution in [2.24, 2.45) is 0 Å². The van der Waals surface area contributed by atoms with E-state index in [-0.39, 0.29) is 0 Å². The summed E-state index contributed by atoms with van der Waals surface area (Å²) in [5.41, 5.74) is 7.48. The molecule has 2 aromatic rings. The van der Waals surface area contributed by atoms with E-state index in [4.69, 9.17) is 22.1 Å². The summed E-state index contributed by atoms with van der Waals surface area (Å²) in [7, 11) is 1.61. The molecule has 4 nitrogen and oxygen atoms in total. The minimum Gasteiger partial charge on any atom is -0.383 e. The number of aromatic nitrogens is 2. The van der Waals surface area contributed by atoms with Crippen LogP contribution in [0.15, 0.2) is 22.7 Å². The van der Waals surface area contributed by atoms with E-state index >= 15 is 0 Å². The van der Waals surface area contributed by atoms with Crippen LogP contribution < -0.4 is 5.73 Å². The lowest BCUT2D eigenvalue weighted by Gasteiger charge is -2.10. The van der Waals surface area contributed by atoms with Crippen LogP contribution in [0.3, 0.4) is 0 Å². The molecule has 100 valence electrons. The maximum Gasteiger partial charge on any atom is 0.163 e. The Balaban J connectivity index is 2.59. The predicted molar refractivity (Wildman–Crippen MR) is 88.0 cm³/mol. The quantitative estimate of drug-likeness (QED) is 0.715. The molecule has 0 spiro atoms. The molecule has 0 aliphatic carbocycles. The Morgan fingerprint density at radius 3 is 2.84 bits per heavy atom. The van der Waals surface area contributed by atoms with Crippen molar-refractivity contribution in [1.29, 1.82) is 0 Å². The average Bonchev–Trinajstić information content (AvgIpc) is 2.38. The van der Waals surface area contributed by atoms with Crippen LogP contribution in [0.25, 0.3) is 11.4 Å². The van der Waals surface area contributed by atoms with Gasteiger partial charge in [-0.2, -0.15) is 0 Å². The topological polar surface area (TPSA) is 61.0 Å². The largest absolute Gasteiger partial charge is 0.383 e. The van der Waals surface area contributed by atoms with Crippen molar-refractivity contribution in [1.82, 2.24) is 9.97 Å². The van der Waals surface area contributed by atoms with Gasteiger partial charge in [-0.1, -0.05) is 27.5 Å². The van der Waals surface area contributed by atoms with Crippen LogP contribution in [-0.2, 0) is 11.3 Å². The van der Waals surface area contributed by atoms with Gasteiger partial charge in [0.2, 0.25) is 0 Å². The maximum atomic E-state index is 6.00. The summed E-state index contributed by atoms with van der Waals surface area (Å²) in [5.74, 6) is 0.962. The van der Waals surface area contributed by atoms with E-state index in [1.54, 1.807) is 19.2 Å². The van der Waals surface area contributed by atoms with Gasteiger partial charge in [0, 0.05) is 22.2 Å².